The molecular formula is C22H18ClN3O6. The second-order valence-electron chi connectivity index (χ2n) is 7.00. The van der Waals surface area contributed by atoms with Gasteiger partial charge in [-0.1, -0.05) is 11.6 Å². The molecule has 0 atom stereocenters. The monoisotopic (exact) mass is 455 g/mol. The van der Waals surface area contributed by atoms with Crippen LogP contribution in [0.1, 0.15) is 26.3 Å². The number of nitrogens with one attached hydrogen (secondary N) is 2. The highest BCUT2D eigenvalue weighted by Gasteiger charge is 2.36. The van der Waals surface area contributed by atoms with Crippen molar-refractivity contribution in [3.8, 4) is 5.75 Å². The van der Waals surface area contributed by atoms with Crippen molar-refractivity contribution in [1.29, 1.82) is 0 Å². The molecule has 0 bridgehead atoms. The molecule has 0 radical (unpaired) electrons. The number of nitrogens with zero attached hydrogens (tertiary/aromatic N) is 1. The number of carbonyl (C=O) groups is 2. The first-order chi connectivity index (χ1) is 15.3. The molecule has 1 heterocycles. The first-order valence-electron chi connectivity index (χ1n) is 9.50. The third-order valence-corrected chi connectivity index (χ3v) is 5.71. The van der Waals surface area contributed by atoms with Gasteiger partial charge in [-0.2, -0.15) is 0 Å². The standard InChI is InChI=1S/C22H18ClN3O6/c1-24-17-18(20(28)19(17)27)25-14-7-6-13(23)12-9-26(21(29)16(12)14)15-8-10(31-2)4-5-11(15)22(30)32-3/h4-8,24-25H,9H2,1-3H3. The Balaban J connectivity index is 1.80. The zero-order valence-corrected chi connectivity index (χ0v) is 18.1. The Morgan fingerprint density at radius 2 is 1.78 bits per heavy atom. The van der Waals surface area contributed by atoms with Crippen molar-refractivity contribution in [2.75, 3.05) is 36.8 Å². The summed E-state index contributed by atoms with van der Waals surface area (Å²) in [5.74, 6) is -0.602. The molecule has 3 aromatic rings. The first-order valence-corrected chi connectivity index (χ1v) is 9.87. The predicted molar refractivity (Wildman–Crippen MR) is 120 cm³/mol. The smallest absolute Gasteiger partial charge is 0.339 e. The van der Waals surface area contributed by atoms with Crippen LogP contribution in [0.15, 0.2) is 39.9 Å². The van der Waals surface area contributed by atoms with Gasteiger partial charge in [0.25, 0.3) is 16.8 Å². The molecule has 0 unspecified atom stereocenters. The minimum Gasteiger partial charge on any atom is -0.497 e. The average molecular weight is 456 g/mol. The van der Waals surface area contributed by atoms with E-state index >= 15 is 0 Å². The summed E-state index contributed by atoms with van der Waals surface area (Å²) in [5, 5.41) is 5.91. The Labute approximate surface area is 187 Å². The summed E-state index contributed by atoms with van der Waals surface area (Å²) >= 11 is 6.37. The Kier molecular flexibility index (Phi) is 5.35. The summed E-state index contributed by atoms with van der Waals surface area (Å²) in [4.78, 5) is 50.9. The maximum absolute atomic E-state index is 13.5. The van der Waals surface area contributed by atoms with E-state index in [1.165, 1.54) is 32.2 Å². The lowest BCUT2D eigenvalue weighted by Crippen LogP contribution is -2.36. The van der Waals surface area contributed by atoms with Gasteiger partial charge >= 0.3 is 5.97 Å². The third-order valence-electron chi connectivity index (χ3n) is 5.35. The van der Waals surface area contributed by atoms with Crippen molar-refractivity contribution in [2.24, 2.45) is 0 Å². The molecule has 164 valence electrons. The first kappa shape index (κ1) is 21.4. The van der Waals surface area contributed by atoms with Gasteiger partial charge in [0.2, 0.25) is 0 Å². The van der Waals surface area contributed by atoms with E-state index in [4.69, 9.17) is 21.1 Å². The Morgan fingerprint density at radius 1 is 1.06 bits per heavy atom. The zero-order chi connectivity index (χ0) is 23.2. The number of fused-ring (bicyclic) bond motifs is 1. The van der Waals surface area contributed by atoms with Crippen molar-refractivity contribution in [3.05, 3.63) is 72.5 Å². The fourth-order valence-electron chi connectivity index (χ4n) is 3.71. The SMILES string of the molecule is CNc1c(Nc2ccc(Cl)c3c2C(=O)N(c2cc(OC)ccc2C(=O)OC)C3)c(=O)c1=O. The van der Waals surface area contributed by atoms with Crippen molar-refractivity contribution in [3.63, 3.8) is 0 Å². The van der Waals surface area contributed by atoms with Crippen LogP contribution in [0.5, 0.6) is 5.75 Å². The molecule has 1 amide bonds. The molecular weight excluding hydrogens is 438 g/mol. The molecule has 1 aliphatic heterocycles. The molecule has 9 nitrogen and oxygen atoms in total. The lowest BCUT2D eigenvalue weighted by molar-refractivity contribution is 0.0601. The van der Waals surface area contributed by atoms with Crippen molar-refractivity contribution >= 4 is 46.2 Å². The summed E-state index contributed by atoms with van der Waals surface area (Å²) in [6.07, 6.45) is 0. The van der Waals surface area contributed by atoms with Crippen LogP contribution < -0.4 is 31.1 Å². The van der Waals surface area contributed by atoms with Crippen LogP contribution >= 0.6 is 11.6 Å². The molecule has 3 aromatic carbocycles. The highest BCUT2D eigenvalue weighted by atomic mass is 35.5. The number of carbonyl (C=O) groups excluding carboxylic acids is 2. The van der Waals surface area contributed by atoms with Gasteiger partial charge in [-0.3, -0.25) is 14.4 Å². The largest absolute Gasteiger partial charge is 0.497 e. The molecule has 0 aromatic heterocycles. The van der Waals surface area contributed by atoms with E-state index in [0.29, 0.717) is 27.7 Å². The van der Waals surface area contributed by atoms with E-state index in [1.54, 1.807) is 24.3 Å². The minimum absolute atomic E-state index is 0.0740. The van der Waals surface area contributed by atoms with E-state index in [2.05, 4.69) is 10.6 Å². The summed E-state index contributed by atoms with van der Waals surface area (Å²) in [7, 11) is 4.25. The van der Waals surface area contributed by atoms with Crippen LogP contribution in [0.4, 0.5) is 22.7 Å². The van der Waals surface area contributed by atoms with E-state index < -0.39 is 22.7 Å². The van der Waals surface area contributed by atoms with Crippen LogP contribution in [0, 0.1) is 0 Å². The summed E-state index contributed by atoms with van der Waals surface area (Å²) in [5.41, 5.74) is 0.462. The Hall–Kier alpha value is -3.85. The Morgan fingerprint density at radius 3 is 2.44 bits per heavy atom. The van der Waals surface area contributed by atoms with Gasteiger partial charge < -0.3 is 25.0 Å². The number of hydrogen-bond acceptors (Lipinski definition) is 8. The van der Waals surface area contributed by atoms with E-state index in [9.17, 15) is 19.2 Å². The number of esters is 1. The lowest BCUT2D eigenvalue weighted by atomic mass is 10.1. The van der Waals surface area contributed by atoms with Crippen LogP contribution in [0.25, 0.3) is 0 Å². The lowest BCUT2D eigenvalue weighted by Gasteiger charge is -2.20. The molecule has 4 rings (SSSR count). The number of rotatable bonds is 6. The van der Waals surface area contributed by atoms with Crippen LogP contribution in [0.2, 0.25) is 5.02 Å². The zero-order valence-electron chi connectivity index (χ0n) is 17.4. The van der Waals surface area contributed by atoms with Crippen LogP contribution in [-0.2, 0) is 11.3 Å². The second kappa shape index (κ2) is 8.01. The van der Waals surface area contributed by atoms with E-state index in [1.807, 2.05) is 0 Å². The van der Waals surface area contributed by atoms with Crippen molar-refractivity contribution in [2.45, 2.75) is 6.54 Å². The molecule has 0 saturated carbocycles. The fraction of sp³-hybridized carbons (Fsp3) is 0.182. The van der Waals surface area contributed by atoms with Gasteiger partial charge in [-0.05, 0) is 24.3 Å². The topological polar surface area (TPSA) is 114 Å². The van der Waals surface area contributed by atoms with Crippen molar-refractivity contribution in [1.82, 2.24) is 0 Å². The summed E-state index contributed by atoms with van der Waals surface area (Å²) in [6.45, 7) is 0.0878. The third kappa shape index (κ3) is 3.18. The summed E-state index contributed by atoms with van der Waals surface area (Å²) in [6, 6.07) is 7.82. The van der Waals surface area contributed by atoms with Crippen molar-refractivity contribution < 1.29 is 19.1 Å². The normalized spacial score (nSPS) is 12.6. The number of benzene rings is 2. The second-order valence-corrected chi connectivity index (χ2v) is 7.40. The number of methoxy groups -OCH3 is 2. The highest BCUT2D eigenvalue weighted by molar-refractivity contribution is 6.33. The van der Waals surface area contributed by atoms with Gasteiger partial charge in [0.05, 0.1) is 43.3 Å². The molecule has 32 heavy (non-hydrogen) atoms. The molecule has 0 aliphatic carbocycles. The molecule has 1 aliphatic rings. The highest BCUT2D eigenvalue weighted by Crippen LogP contribution is 2.40. The Bertz CT molecular complexity index is 1340. The number of hydrogen-bond donors (Lipinski definition) is 2. The van der Waals surface area contributed by atoms with Gasteiger partial charge in [-0.15, -0.1) is 0 Å². The molecule has 10 heteroatoms. The summed E-state index contributed by atoms with van der Waals surface area (Å²) < 4.78 is 10.1. The average Bonchev–Trinajstić information content (AvgIpc) is 3.17. The number of anilines is 4. The molecule has 0 fully saturated rings. The fourth-order valence-corrected chi connectivity index (χ4v) is 3.93. The van der Waals surface area contributed by atoms with E-state index in [0.717, 1.165) is 0 Å². The number of amides is 1. The maximum atomic E-state index is 13.5. The quantitative estimate of drug-likeness (QED) is 0.430. The van der Waals surface area contributed by atoms with E-state index in [-0.39, 0.29) is 29.0 Å². The number of ether oxygens (including phenoxy) is 2. The predicted octanol–water partition coefficient (Wildman–Crippen LogP) is 2.68. The van der Waals surface area contributed by atoms with Gasteiger partial charge in [0.15, 0.2) is 0 Å². The maximum Gasteiger partial charge on any atom is 0.339 e. The minimum atomic E-state index is -0.680. The number of halogens is 1. The molecule has 0 saturated heterocycles. The van der Waals surface area contributed by atoms with Gasteiger partial charge in [-0.25, -0.2) is 4.79 Å². The molecule has 2 N–H and O–H groups in total. The van der Waals surface area contributed by atoms with Crippen LogP contribution in [0.3, 0.4) is 0 Å². The molecule has 0 spiro atoms. The van der Waals surface area contributed by atoms with Gasteiger partial charge in [0, 0.05) is 23.7 Å². The van der Waals surface area contributed by atoms with Gasteiger partial charge in [0.1, 0.15) is 17.1 Å². The van der Waals surface area contributed by atoms with Crippen LogP contribution in [-0.4, -0.2) is 33.1 Å².